The van der Waals surface area contributed by atoms with Crippen LogP contribution >= 0.6 is 0 Å². The number of hydrogen-bond donors (Lipinski definition) is 1. The highest BCUT2D eigenvalue weighted by Gasteiger charge is 2.24. The van der Waals surface area contributed by atoms with Crippen LogP contribution in [-0.4, -0.2) is 12.6 Å². The third-order valence-corrected chi connectivity index (χ3v) is 2.51. The van der Waals surface area contributed by atoms with E-state index >= 15 is 0 Å². The summed E-state index contributed by atoms with van der Waals surface area (Å²) in [6, 6.07) is 0.785. The zero-order valence-electron chi connectivity index (χ0n) is 7.69. The largest absolute Gasteiger partial charge is 0.310 e. The molecule has 0 spiro atoms. The molecule has 1 saturated carbocycles. The molecule has 1 rings (SSSR count). The van der Waals surface area contributed by atoms with E-state index in [9.17, 15) is 0 Å². The normalized spacial score (nSPS) is 29.6. The van der Waals surface area contributed by atoms with Crippen molar-refractivity contribution in [3.8, 4) is 0 Å². The summed E-state index contributed by atoms with van der Waals surface area (Å²) in [5.74, 6) is 0.947. The standard InChI is InChI=1S/C10H19N/c1-4-8(2)7-11-10-5-9(3)6-10/h9-11H,2,4-7H2,1,3H3. The van der Waals surface area contributed by atoms with E-state index in [-0.39, 0.29) is 0 Å². The lowest BCUT2D eigenvalue weighted by molar-refractivity contribution is 0.246. The molecule has 1 N–H and O–H groups in total. The minimum Gasteiger partial charge on any atom is -0.310 e. The first kappa shape index (κ1) is 8.79. The van der Waals surface area contributed by atoms with E-state index < -0.39 is 0 Å². The van der Waals surface area contributed by atoms with Crippen molar-refractivity contribution < 1.29 is 0 Å². The minimum atomic E-state index is 0.785. The Morgan fingerprint density at radius 1 is 1.55 bits per heavy atom. The van der Waals surface area contributed by atoms with Crippen molar-refractivity contribution in [2.75, 3.05) is 6.54 Å². The van der Waals surface area contributed by atoms with Crippen molar-refractivity contribution in [3.05, 3.63) is 12.2 Å². The number of rotatable bonds is 4. The van der Waals surface area contributed by atoms with Crippen molar-refractivity contribution >= 4 is 0 Å². The fourth-order valence-electron chi connectivity index (χ4n) is 1.48. The lowest BCUT2D eigenvalue weighted by Crippen LogP contribution is -2.40. The highest BCUT2D eigenvalue weighted by Crippen LogP contribution is 2.26. The maximum atomic E-state index is 3.96. The average Bonchev–Trinajstić information content (AvgIpc) is 1.95. The zero-order valence-corrected chi connectivity index (χ0v) is 7.69. The summed E-state index contributed by atoms with van der Waals surface area (Å²) in [7, 11) is 0. The maximum Gasteiger partial charge on any atom is 0.0164 e. The van der Waals surface area contributed by atoms with Crippen LogP contribution in [0.4, 0.5) is 0 Å². The number of nitrogens with one attached hydrogen (secondary N) is 1. The fraction of sp³-hybridized carbons (Fsp3) is 0.800. The monoisotopic (exact) mass is 153 g/mol. The van der Waals surface area contributed by atoms with Crippen LogP contribution in [0.5, 0.6) is 0 Å². The molecule has 0 aromatic rings. The van der Waals surface area contributed by atoms with E-state index in [1.54, 1.807) is 0 Å². The van der Waals surface area contributed by atoms with Crippen LogP contribution in [0.1, 0.15) is 33.1 Å². The van der Waals surface area contributed by atoms with Gasteiger partial charge in [0.1, 0.15) is 0 Å². The molecule has 1 aliphatic rings. The van der Waals surface area contributed by atoms with Gasteiger partial charge in [-0.3, -0.25) is 0 Å². The Bertz CT molecular complexity index is 134. The van der Waals surface area contributed by atoms with Gasteiger partial charge < -0.3 is 5.32 Å². The average molecular weight is 153 g/mol. The van der Waals surface area contributed by atoms with Gasteiger partial charge in [-0.1, -0.05) is 26.0 Å². The summed E-state index contributed by atoms with van der Waals surface area (Å²) in [5, 5.41) is 3.50. The molecular formula is C10H19N. The van der Waals surface area contributed by atoms with Gasteiger partial charge in [0.05, 0.1) is 0 Å². The van der Waals surface area contributed by atoms with Crippen LogP contribution < -0.4 is 5.32 Å². The summed E-state index contributed by atoms with van der Waals surface area (Å²) in [5.41, 5.74) is 1.32. The smallest absolute Gasteiger partial charge is 0.0164 e. The summed E-state index contributed by atoms with van der Waals surface area (Å²) in [6.45, 7) is 9.45. The quantitative estimate of drug-likeness (QED) is 0.611. The van der Waals surface area contributed by atoms with Crippen LogP contribution in [0.25, 0.3) is 0 Å². The van der Waals surface area contributed by atoms with Crippen LogP contribution in [0, 0.1) is 5.92 Å². The molecule has 11 heavy (non-hydrogen) atoms. The first-order chi connectivity index (χ1) is 5.22. The Hall–Kier alpha value is -0.300. The molecule has 1 aliphatic carbocycles. The van der Waals surface area contributed by atoms with Gasteiger partial charge in [-0.2, -0.15) is 0 Å². The molecule has 64 valence electrons. The molecule has 0 amide bonds. The summed E-state index contributed by atoms with van der Waals surface area (Å²) < 4.78 is 0. The van der Waals surface area contributed by atoms with E-state index in [2.05, 4.69) is 25.7 Å². The predicted octanol–water partition coefficient (Wildman–Crippen LogP) is 2.34. The topological polar surface area (TPSA) is 12.0 Å². The molecule has 0 radical (unpaired) electrons. The Labute approximate surface area is 69.9 Å². The van der Waals surface area contributed by atoms with Gasteiger partial charge >= 0.3 is 0 Å². The Kier molecular flexibility index (Phi) is 3.13. The Morgan fingerprint density at radius 3 is 2.64 bits per heavy atom. The molecule has 1 nitrogen and oxygen atoms in total. The first-order valence-electron chi connectivity index (χ1n) is 4.62. The predicted molar refractivity (Wildman–Crippen MR) is 49.6 cm³/mol. The van der Waals surface area contributed by atoms with Crippen LogP contribution in [0.15, 0.2) is 12.2 Å². The van der Waals surface area contributed by atoms with Crippen LogP contribution in [-0.2, 0) is 0 Å². The van der Waals surface area contributed by atoms with Crippen LogP contribution in [0.2, 0.25) is 0 Å². The van der Waals surface area contributed by atoms with Crippen molar-refractivity contribution in [3.63, 3.8) is 0 Å². The first-order valence-corrected chi connectivity index (χ1v) is 4.62. The van der Waals surface area contributed by atoms with Gasteiger partial charge in [-0.15, -0.1) is 0 Å². The van der Waals surface area contributed by atoms with E-state index in [4.69, 9.17) is 0 Å². The van der Waals surface area contributed by atoms with Gasteiger partial charge in [0.25, 0.3) is 0 Å². The molecule has 0 saturated heterocycles. The lowest BCUT2D eigenvalue weighted by atomic mass is 9.82. The second-order valence-corrected chi connectivity index (χ2v) is 3.76. The summed E-state index contributed by atoms with van der Waals surface area (Å²) in [6.07, 6.45) is 3.82. The molecular weight excluding hydrogens is 134 g/mol. The van der Waals surface area contributed by atoms with Crippen molar-refractivity contribution in [1.29, 1.82) is 0 Å². The van der Waals surface area contributed by atoms with Gasteiger partial charge in [0, 0.05) is 12.6 Å². The van der Waals surface area contributed by atoms with Crippen molar-refractivity contribution in [2.24, 2.45) is 5.92 Å². The van der Waals surface area contributed by atoms with E-state index in [0.717, 1.165) is 24.9 Å². The molecule has 0 heterocycles. The SMILES string of the molecule is C=C(CC)CNC1CC(C)C1. The van der Waals surface area contributed by atoms with Gasteiger partial charge in [-0.05, 0) is 25.2 Å². The molecule has 1 fully saturated rings. The Morgan fingerprint density at radius 2 is 2.18 bits per heavy atom. The number of hydrogen-bond acceptors (Lipinski definition) is 1. The van der Waals surface area contributed by atoms with Crippen molar-refractivity contribution in [1.82, 2.24) is 5.32 Å². The molecule has 0 unspecified atom stereocenters. The fourth-order valence-corrected chi connectivity index (χ4v) is 1.48. The molecule has 0 aromatic carbocycles. The highest BCUT2D eigenvalue weighted by molar-refractivity contribution is 4.97. The molecule has 0 aromatic heterocycles. The molecule has 0 atom stereocenters. The third-order valence-electron chi connectivity index (χ3n) is 2.51. The maximum absolute atomic E-state index is 3.96. The van der Waals surface area contributed by atoms with E-state index in [0.29, 0.717) is 0 Å². The zero-order chi connectivity index (χ0) is 8.27. The summed E-state index contributed by atoms with van der Waals surface area (Å²) >= 11 is 0. The van der Waals surface area contributed by atoms with E-state index in [1.165, 1.54) is 18.4 Å². The second kappa shape index (κ2) is 3.91. The lowest BCUT2D eigenvalue weighted by Gasteiger charge is -2.33. The van der Waals surface area contributed by atoms with Gasteiger partial charge in [0.15, 0.2) is 0 Å². The molecule has 1 heteroatoms. The van der Waals surface area contributed by atoms with Gasteiger partial charge in [-0.25, -0.2) is 0 Å². The molecule has 0 bridgehead atoms. The summed E-state index contributed by atoms with van der Waals surface area (Å²) in [4.78, 5) is 0. The van der Waals surface area contributed by atoms with Crippen LogP contribution in [0.3, 0.4) is 0 Å². The Balaban J connectivity index is 2.00. The second-order valence-electron chi connectivity index (χ2n) is 3.76. The van der Waals surface area contributed by atoms with Gasteiger partial charge in [0.2, 0.25) is 0 Å². The highest BCUT2D eigenvalue weighted by atomic mass is 14.9. The van der Waals surface area contributed by atoms with E-state index in [1.807, 2.05) is 0 Å². The van der Waals surface area contributed by atoms with Crippen molar-refractivity contribution in [2.45, 2.75) is 39.2 Å². The minimum absolute atomic E-state index is 0.785. The third kappa shape index (κ3) is 2.66. The molecule has 0 aliphatic heterocycles.